The van der Waals surface area contributed by atoms with E-state index in [1.54, 1.807) is 25.1 Å². The molecule has 0 aliphatic heterocycles. The fourth-order valence-electron chi connectivity index (χ4n) is 2.28. The average Bonchev–Trinajstić information content (AvgIpc) is 2.67. The summed E-state index contributed by atoms with van der Waals surface area (Å²) in [6, 6.07) is 9.35. The van der Waals surface area contributed by atoms with E-state index >= 15 is 0 Å². The molecular formula is C20H21F3N2O4. The number of hydrogen-bond acceptors (Lipinski definition) is 5. The van der Waals surface area contributed by atoms with Gasteiger partial charge >= 0.3 is 6.18 Å². The summed E-state index contributed by atoms with van der Waals surface area (Å²) in [5.41, 5.74) is -0.109. The van der Waals surface area contributed by atoms with Crippen LogP contribution in [0.25, 0.3) is 0 Å². The minimum atomic E-state index is -4.49. The van der Waals surface area contributed by atoms with Crippen LogP contribution >= 0.6 is 0 Å². The van der Waals surface area contributed by atoms with Crippen molar-refractivity contribution in [3.63, 3.8) is 0 Å². The Bertz CT molecular complexity index is 854. The van der Waals surface area contributed by atoms with Gasteiger partial charge in [0.2, 0.25) is 0 Å². The van der Waals surface area contributed by atoms with Crippen LogP contribution in [-0.2, 0) is 15.8 Å². The first kappa shape index (κ1) is 22.1. The SMILES string of the molecule is CCO/N=C/c1ccc(OCC(=O)Nc2cccc(C(F)(F)F)c2)c(OCC)c1. The predicted octanol–water partition coefficient (Wildman–Crippen LogP) is 4.49. The minimum Gasteiger partial charge on any atom is -0.490 e. The molecule has 0 atom stereocenters. The summed E-state index contributed by atoms with van der Waals surface area (Å²) in [7, 11) is 0. The molecule has 156 valence electrons. The van der Waals surface area contributed by atoms with E-state index in [1.807, 2.05) is 6.92 Å². The summed E-state index contributed by atoms with van der Waals surface area (Å²) in [4.78, 5) is 17.0. The molecule has 2 aromatic carbocycles. The van der Waals surface area contributed by atoms with Crippen LogP contribution in [0.1, 0.15) is 25.0 Å². The Morgan fingerprint density at radius 1 is 1.07 bits per heavy atom. The number of amides is 1. The number of benzene rings is 2. The molecule has 29 heavy (non-hydrogen) atoms. The van der Waals surface area contributed by atoms with Crippen LogP contribution in [0.3, 0.4) is 0 Å². The number of hydrogen-bond donors (Lipinski definition) is 1. The Labute approximate surface area is 166 Å². The Morgan fingerprint density at radius 3 is 2.55 bits per heavy atom. The van der Waals surface area contributed by atoms with Gasteiger partial charge in [-0.1, -0.05) is 11.2 Å². The first-order valence-electron chi connectivity index (χ1n) is 8.85. The standard InChI is InChI=1S/C20H21F3N2O4/c1-3-27-18-10-14(12-24-29-4-2)8-9-17(18)28-13-19(26)25-16-7-5-6-15(11-16)20(21,22)23/h5-12H,3-4,13H2,1-2H3,(H,25,26)/b24-12+. The van der Waals surface area contributed by atoms with Crippen molar-refractivity contribution < 1.29 is 32.3 Å². The van der Waals surface area contributed by atoms with Crippen molar-refractivity contribution in [3.8, 4) is 11.5 Å². The fourth-order valence-corrected chi connectivity index (χ4v) is 2.28. The highest BCUT2D eigenvalue weighted by Gasteiger charge is 2.30. The maximum absolute atomic E-state index is 12.8. The van der Waals surface area contributed by atoms with Gasteiger partial charge in [-0.05, 0) is 50.2 Å². The molecule has 0 spiro atoms. The zero-order valence-electron chi connectivity index (χ0n) is 16.0. The number of rotatable bonds is 9. The van der Waals surface area contributed by atoms with Crippen LogP contribution in [0.15, 0.2) is 47.6 Å². The zero-order valence-corrected chi connectivity index (χ0v) is 16.0. The van der Waals surface area contributed by atoms with E-state index in [-0.39, 0.29) is 5.69 Å². The topological polar surface area (TPSA) is 69.2 Å². The van der Waals surface area contributed by atoms with Crippen molar-refractivity contribution in [1.82, 2.24) is 0 Å². The van der Waals surface area contributed by atoms with Gasteiger partial charge in [0.15, 0.2) is 18.1 Å². The van der Waals surface area contributed by atoms with Crippen LogP contribution in [-0.4, -0.2) is 31.9 Å². The van der Waals surface area contributed by atoms with Crippen molar-refractivity contribution in [2.24, 2.45) is 5.16 Å². The lowest BCUT2D eigenvalue weighted by Crippen LogP contribution is -2.20. The van der Waals surface area contributed by atoms with Crippen LogP contribution in [0.5, 0.6) is 11.5 Å². The molecule has 2 rings (SSSR count). The number of anilines is 1. The number of halogens is 3. The number of nitrogens with one attached hydrogen (secondary N) is 1. The zero-order chi connectivity index (χ0) is 21.3. The Morgan fingerprint density at radius 2 is 1.86 bits per heavy atom. The smallest absolute Gasteiger partial charge is 0.416 e. The third-order valence-corrected chi connectivity index (χ3v) is 3.51. The van der Waals surface area contributed by atoms with Gasteiger partial charge in [-0.2, -0.15) is 13.2 Å². The molecule has 6 nitrogen and oxygen atoms in total. The second-order valence-electron chi connectivity index (χ2n) is 5.71. The molecule has 0 fully saturated rings. The molecule has 0 unspecified atom stereocenters. The van der Waals surface area contributed by atoms with Crippen LogP contribution in [0, 0.1) is 0 Å². The van der Waals surface area contributed by atoms with Gasteiger partial charge in [0.1, 0.15) is 6.61 Å². The van der Waals surface area contributed by atoms with Crippen LogP contribution in [0.4, 0.5) is 18.9 Å². The normalized spacial score (nSPS) is 11.3. The van der Waals surface area contributed by atoms with Crippen LogP contribution < -0.4 is 14.8 Å². The molecule has 0 aliphatic rings. The quantitative estimate of drug-likeness (QED) is 0.489. The van der Waals surface area contributed by atoms with E-state index in [0.717, 1.165) is 12.1 Å². The first-order chi connectivity index (χ1) is 13.8. The summed E-state index contributed by atoms with van der Waals surface area (Å²) in [5, 5.41) is 6.15. The minimum absolute atomic E-state index is 0.0286. The number of ether oxygens (including phenoxy) is 2. The average molecular weight is 410 g/mol. The molecule has 0 saturated carbocycles. The summed E-state index contributed by atoms with van der Waals surface area (Å²) < 4.78 is 49.2. The maximum atomic E-state index is 12.8. The van der Waals surface area contributed by atoms with Gasteiger partial charge in [0.05, 0.1) is 18.4 Å². The third-order valence-electron chi connectivity index (χ3n) is 3.51. The van der Waals surface area contributed by atoms with Crippen LogP contribution in [0.2, 0.25) is 0 Å². The molecule has 0 saturated heterocycles. The van der Waals surface area contributed by atoms with E-state index in [9.17, 15) is 18.0 Å². The molecule has 1 N–H and O–H groups in total. The lowest BCUT2D eigenvalue weighted by Gasteiger charge is -2.13. The Kier molecular flexibility index (Phi) is 7.88. The number of carbonyl (C=O) groups is 1. The van der Waals surface area contributed by atoms with E-state index < -0.39 is 24.3 Å². The molecule has 0 radical (unpaired) electrons. The lowest BCUT2D eigenvalue weighted by molar-refractivity contribution is -0.137. The van der Waals surface area contributed by atoms with Crippen molar-refractivity contribution in [2.75, 3.05) is 25.1 Å². The van der Waals surface area contributed by atoms with Gasteiger partial charge in [0.25, 0.3) is 5.91 Å². The number of alkyl halides is 3. The summed E-state index contributed by atoms with van der Waals surface area (Å²) in [6.45, 7) is 4.02. The van der Waals surface area contributed by atoms with E-state index in [1.165, 1.54) is 18.3 Å². The van der Waals surface area contributed by atoms with Crippen molar-refractivity contribution in [1.29, 1.82) is 0 Å². The summed E-state index contributed by atoms with van der Waals surface area (Å²) in [5.74, 6) is 0.119. The number of nitrogens with zero attached hydrogens (tertiary/aromatic N) is 1. The van der Waals surface area contributed by atoms with E-state index in [4.69, 9.17) is 14.3 Å². The van der Waals surface area contributed by atoms with Gasteiger partial charge < -0.3 is 19.6 Å². The molecule has 1 amide bonds. The van der Waals surface area contributed by atoms with Gasteiger partial charge in [0, 0.05) is 11.3 Å². The maximum Gasteiger partial charge on any atom is 0.416 e. The molecule has 0 aliphatic carbocycles. The second-order valence-corrected chi connectivity index (χ2v) is 5.71. The molecular weight excluding hydrogens is 389 g/mol. The Hall–Kier alpha value is -3.23. The molecule has 2 aromatic rings. The molecule has 0 aromatic heterocycles. The predicted molar refractivity (Wildman–Crippen MR) is 102 cm³/mol. The van der Waals surface area contributed by atoms with Crippen molar-refractivity contribution >= 4 is 17.8 Å². The van der Waals surface area contributed by atoms with Gasteiger partial charge in [-0.15, -0.1) is 0 Å². The number of oxime groups is 1. The Balaban J connectivity index is 2.02. The second kappa shape index (κ2) is 10.4. The van der Waals surface area contributed by atoms with Crippen molar-refractivity contribution in [3.05, 3.63) is 53.6 Å². The third kappa shape index (κ3) is 7.02. The molecule has 0 heterocycles. The largest absolute Gasteiger partial charge is 0.490 e. The number of carbonyl (C=O) groups excluding carboxylic acids is 1. The first-order valence-corrected chi connectivity index (χ1v) is 8.85. The van der Waals surface area contributed by atoms with E-state index in [0.29, 0.717) is 30.3 Å². The van der Waals surface area contributed by atoms with Gasteiger partial charge in [-0.25, -0.2) is 0 Å². The van der Waals surface area contributed by atoms with E-state index in [2.05, 4.69) is 10.5 Å². The fraction of sp³-hybridized carbons (Fsp3) is 0.300. The highest BCUT2D eigenvalue weighted by Crippen LogP contribution is 2.31. The summed E-state index contributed by atoms with van der Waals surface area (Å²) in [6.07, 6.45) is -2.98. The highest BCUT2D eigenvalue weighted by atomic mass is 19.4. The highest BCUT2D eigenvalue weighted by molar-refractivity contribution is 5.92. The molecule has 9 heteroatoms. The molecule has 0 bridgehead atoms. The monoisotopic (exact) mass is 410 g/mol. The summed E-state index contributed by atoms with van der Waals surface area (Å²) >= 11 is 0. The lowest BCUT2D eigenvalue weighted by atomic mass is 10.2. The van der Waals surface area contributed by atoms with Gasteiger partial charge in [-0.3, -0.25) is 4.79 Å². The van der Waals surface area contributed by atoms with Crippen molar-refractivity contribution in [2.45, 2.75) is 20.0 Å².